The zero-order valence-corrected chi connectivity index (χ0v) is 13.6. The van der Waals surface area contributed by atoms with E-state index in [1.807, 2.05) is 0 Å². The maximum Gasteiger partial charge on any atom is 0.145 e. The largest absolute Gasteiger partial charge is 0.382 e. The number of hydrogen-bond donors (Lipinski definition) is 1. The highest BCUT2D eigenvalue weighted by atomic mass is 35.5. The van der Waals surface area contributed by atoms with Gasteiger partial charge in [0.15, 0.2) is 0 Å². The summed E-state index contributed by atoms with van der Waals surface area (Å²) in [6.07, 6.45) is 2.48. The lowest BCUT2D eigenvalue weighted by Gasteiger charge is -2.19. The minimum Gasteiger partial charge on any atom is -0.382 e. The second kappa shape index (κ2) is 11.0. The molecule has 0 bridgehead atoms. The Morgan fingerprint density at radius 3 is 2.81 bits per heavy atom. The van der Waals surface area contributed by atoms with Crippen molar-refractivity contribution in [3.8, 4) is 0 Å². The normalized spacial score (nSPS) is 12.6. The van der Waals surface area contributed by atoms with Gasteiger partial charge in [-0.25, -0.2) is 4.39 Å². The first-order valence-corrected chi connectivity index (χ1v) is 7.79. The lowest BCUT2D eigenvalue weighted by atomic mass is 10.0. The molecule has 0 aliphatic heterocycles. The molecule has 0 aliphatic carbocycles. The molecule has 1 rings (SSSR count). The lowest BCUT2D eigenvalue weighted by molar-refractivity contribution is 0.0658. The summed E-state index contributed by atoms with van der Waals surface area (Å²) >= 11 is 5.83. The van der Waals surface area contributed by atoms with Crippen LogP contribution in [-0.2, 0) is 15.9 Å². The Morgan fingerprint density at radius 1 is 1.29 bits per heavy atom. The number of rotatable bonds is 11. The predicted molar refractivity (Wildman–Crippen MR) is 84.5 cm³/mol. The van der Waals surface area contributed by atoms with Crippen LogP contribution >= 0.6 is 11.6 Å². The van der Waals surface area contributed by atoms with E-state index in [2.05, 4.69) is 12.2 Å². The van der Waals surface area contributed by atoms with Gasteiger partial charge in [-0.1, -0.05) is 30.7 Å². The van der Waals surface area contributed by atoms with Crippen molar-refractivity contribution in [2.75, 3.05) is 33.5 Å². The van der Waals surface area contributed by atoms with E-state index in [-0.39, 0.29) is 16.9 Å². The summed E-state index contributed by atoms with van der Waals surface area (Å²) < 4.78 is 24.4. The zero-order valence-electron chi connectivity index (χ0n) is 12.8. The van der Waals surface area contributed by atoms with Gasteiger partial charge in [-0.05, 0) is 37.4 Å². The Balaban J connectivity index is 2.50. The van der Waals surface area contributed by atoms with Crippen LogP contribution in [0, 0.1) is 5.82 Å². The van der Waals surface area contributed by atoms with E-state index in [0.717, 1.165) is 19.4 Å². The first kappa shape index (κ1) is 18.4. The fourth-order valence-corrected chi connectivity index (χ4v) is 2.26. The van der Waals surface area contributed by atoms with Crippen molar-refractivity contribution in [1.29, 1.82) is 0 Å². The zero-order chi connectivity index (χ0) is 15.5. The van der Waals surface area contributed by atoms with Gasteiger partial charge in [0.2, 0.25) is 0 Å². The van der Waals surface area contributed by atoms with E-state index >= 15 is 0 Å². The average molecular weight is 318 g/mol. The van der Waals surface area contributed by atoms with Gasteiger partial charge in [-0.3, -0.25) is 0 Å². The fraction of sp³-hybridized carbons (Fsp3) is 0.625. The summed E-state index contributed by atoms with van der Waals surface area (Å²) in [6.45, 7) is 4.83. The molecular weight excluding hydrogens is 293 g/mol. The smallest absolute Gasteiger partial charge is 0.145 e. The number of benzene rings is 1. The first-order valence-electron chi connectivity index (χ1n) is 7.42. The summed E-state index contributed by atoms with van der Waals surface area (Å²) in [4.78, 5) is 0. The third kappa shape index (κ3) is 7.23. The maximum absolute atomic E-state index is 14.0. The summed E-state index contributed by atoms with van der Waals surface area (Å²) in [5.74, 6) is -0.317. The van der Waals surface area contributed by atoms with Crippen LogP contribution in [0.2, 0.25) is 5.02 Å². The van der Waals surface area contributed by atoms with Gasteiger partial charge >= 0.3 is 0 Å². The van der Waals surface area contributed by atoms with Crippen LogP contribution < -0.4 is 5.32 Å². The molecule has 0 spiro atoms. The van der Waals surface area contributed by atoms with Crippen LogP contribution in [0.5, 0.6) is 0 Å². The molecule has 0 aromatic heterocycles. The Hall–Kier alpha value is -0.680. The van der Waals surface area contributed by atoms with E-state index in [9.17, 15) is 4.39 Å². The van der Waals surface area contributed by atoms with Crippen LogP contribution in [-0.4, -0.2) is 39.5 Å². The third-order valence-electron chi connectivity index (χ3n) is 3.22. The molecule has 3 nitrogen and oxygen atoms in total. The van der Waals surface area contributed by atoms with Crippen LogP contribution in [0.15, 0.2) is 18.2 Å². The maximum atomic E-state index is 14.0. The second-order valence-electron chi connectivity index (χ2n) is 4.96. The van der Waals surface area contributed by atoms with E-state index in [1.165, 1.54) is 0 Å². The molecule has 0 heterocycles. The predicted octanol–water partition coefficient (Wildman–Crippen LogP) is 3.44. The van der Waals surface area contributed by atoms with Crippen LogP contribution in [0.3, 0.4) is 0 Å². The van der Waals surface area contributed by atoms with Crippen LogP contribution in [0.4, 0.5) is 4.39 Å². The highest BCUT2D eigenvalue weighted by Crippen LogP contribution is 2.19. The molecule has 5 heteroatoms. The minimum absolute atomic E-state index is 0.179. The van der Waals surface area contributed by atoms with Gasteiger partial charge in [-0.2, -0.15) is 0 Å². The van der Waals surface area contributed by atoms with Crippen molar-refractivity contribution in [2.24, 2.45) is 0 Å². The van der Waals surface area contributed by atoms with Crippen molar-refractivity contribution in [3.05, 3.63) is 34.6 Å². The Bertz CT molecular complexity index is 404. The topological polar surface area (TPSA) is 30.5 Å². The van der Waals surface area contributed by atoms with Gasteiger partial charge in [0.05, 0.1) is 18.2 Å². The summed E-state index contributed by atoms with van der Waals surface area (Å²) in [5.41, 5.74) is 0.646. The fourth-order valence-electron chi connectivity index (χ4n) is 2.07. The van der Waals surface area contributed by atoms with Gasteiger partial charge in [-0.15, -0.1) is 0 Å². The number of hydrogen-bond acceptors (Lipinski definition) is 3. The molecule has 1 aromatic rings. The Labute approximate surface area is 131 Å². The van der Waals surface area contributed by atoms with E-state index in [4.69, 9.17) is 21.1 Å². The first-order chi connectivity index (χ1) is 10.2. The standard InChI is InChI=1S/C16H25ClFNO2/c1-3-8-19-14(7-9-21-11-10-20-2)12-13-5-4-6-15(17)16(13)18/h4-6,14,19H,3,7-12H2,1-2H3. The molecule has 0 saturated carbocycles. The lowest BCUT2D eigenvalue weighted by Crippen LogP contribution is -2.33. The van der Waals surface area contributed by atoms with Gasteiger partial charge in [0.25, 0.3) is 0 Å². The van der Waals surface area contributed by atoms with E-state index in [0.29, 0.717) is 31.8 Å². The van der Waals surface area contributed by atoms with Crippen molar-refractivity contribution >= 4 is 11.6 Å². The van der Waals surface area contributed by atoms with Gasteiger partial charge in [0, 0.05) is 19.8 Å². The number of ether oxygens (including phenoxy) is 2. The number of halogens is 2. The van der Waals surface area contributed by atoms with Crippen LogP contribution in [0.25, 0.3) is 0 Å². The molecule has 1 unspecified atom stereocenters. The molecule has 1 aromatic carbocycles. The molecule has 1 N–H and O–H groups in total. The summed E-state index contributed by atoms with van der Waals surface area (Å²) in [5, 5.41) is 3.61. The van der Waals surface area contributed by atoms with Crippen molar-refractivity contribution < 1.29 is 13.9 Å². The van der Waals surface area contributed by atoms with E-state index in [1.54, 1.807) is 25.3 Å². The van der Waals surface area contributed by atoms with Gasteiger partial charge < -0.3 is 14.8 Å². The molecule has 1 atom stereocenters. The van der Waals surface area contributed by atoms with E-state index < -0.39 is 0 Å². The Morgan fingerprint density at radius 2 is 2.10 bits per heavy atom. The molecule has 0 aliphatic rings. The number of methoxy groups -OCH3 is 1. The number of nitrogens with one attached hydrogen (secondary N) is 1. The van der Waals surface area contributed by atoms with Crippen LogP contribution in [0.1, 0.15) is 25.3 Å². The molecule has 0 saturated heterocycles. The summed E-state index contributed by atoms with van der Waals surface area (Å²) in [7, 11) is 1.65. The molecule has 0 fully saturated rings. The van der Waals surface area contributed by atoms with Crippen molar-refractivity contribution in [3.63, 3.8) is 0 Å². The highest BCUT2D eigenvalue weighted by molar-refractivity contribution is 6.30. The summed E-state index contributed by atoms with van der Waals surface area (Å²) in [6, 6.07) is 5.32. The van der Waals surface area contributed by atoms with Gasteiger partial charge in [0.1, 0.15) is 5.82 Å². The highest BCUT2D eigenvalue weighted by Gasteiger charge is 2.13. The Kier molecular flexibility index (Phi) is 9.59. The van der Waals surface area contributed by atoms with Crippen molar-refractivity contribution in [1.82, 2.24) is 5.32 Å². The van der Waals surface area contributed by atoms with Crippen molar-refractivity contribution in [2.45, 2.75) is 32.2 Å². The molecular formula is C16H25ClFNO2. The third-order valence-corrected chi connectivity index (χ3v) is 3.52. The SMILES string of the molecule is CCCNC(CCOCCOC)Cc1cccc(Cl)c1F. The molecule has 21 heavy (non-hydrogen) atoms. The molecule has 120 valence electrons. The second-order valence-corrected chi connectivity index (χ2v) is 5.37. The molecule has 0 radical (unpaired) electrons. The monoisotopic (exact) mass is 317 g/mol. The molecule has 0 amide bonds. The average Bonchev–Trinajstić information content (AvgIpc) is 2.48. The quantitative estimate of drug-likeness (QED) is 0.634. The minimum atomic E-state index is -0.317.